The van der Waals surface area contributed by atoms with Gasteiger partial charge in [0.05, 0.1) is 18.7 Å². The molecule has 186 valence electrons. The number of aliphatic carboxylic acids is 1. The molecule has 1 aromatic carbocycles. The van der Waals surface area contributed by atoms with Crippen LogP contribution >= 0.6 is 11.8 Å². The van der Waals surface area contributed by atoms with Crippen LogP contribution in [0.3, 0.4) is 0 Å². The zero-order chi connectivity index (χ0) is 24.6. The van der Waals surface area contributed by atoms with Gasteiger partial charge in [-0.2, -0.15) is 5.10 Å². The number of carboxylic acids is 1. The van der Waals surface area contributed by atoms with Gasteiger partial charge in [0.15, 0.2) is 0 Å². The summed E-state index contributed by atoms with van der Waals surface area (Å²) >= 11 is 1.67. The third kappa shape index (κ3) is 6.90. The molecule has 0 aliphatic carbocycles. The number of nitrogens with zero attached hydrogens (tertiary/aromatic N) is 4. The van der Waals surface area contributed by atoms with Gasteiger partial charge in [0.2, 0.25) is 0 Å². The van der Waals surface area contributed by atoms with Gasteiger partial charge < -0.3 is 19.8 Å². The molecule has 0 bridgehead atoms. The van der Waals surface area contributed by atoms with E-state index >= 15 is 0 Å². The highest BCUT2D eigenvalue weighted by atomic mass is 32.2. The van der Waals surface area contributed by atoms with Crippen LogP contribution in [-0.2, 0) is 4.79 Å². The van der Waals surface area contributed by atoms with Crippen LogP contribution in [0.15, 0.2) is 53.8 Å². The molecule has 0 amide bonds. The second kappa shape index (κ2) is 12.3. The average molecular weight is 497 g/mol. The minimum absolute atomic E-state index is 0.0734. The number of ether oxygens (including phenoxy) is 1. The highest BCUT2D eigenvalue weighted by molar-refractivity contribution is 7.99. The van der Waals surface area contributed by atoms with Gasteiger partial charge in [-0.3, -0.25) is 9.78 Å². The highest BCUT2D eigenvalue weighted by Gasteiger charge is 2.31. The van der Waals surface area contributed by atoms with Crippen molar-refractivity contribution >= 4 is 28.6 Å². The number of likely N-dealkylation sites (tertiary alicyclic amines) is 1. The number of hydrogen-bond donors (Lipinski definition) is 2. The Morgan fingerprint density at radius 2 is 2.14 bits per heavy atom. The van der Waals surface area contributed by atoms with Crippen LogP contribution in [0.25, 0.3) is 10.9 Å². The van der Waals surface area contributed by atoms with E-state index in [4.69, 9.17) is 4.74 Å². The van der Waals surface area contributed by atoms with Crippen molar-refractivity contribution in [3.8, 4) is 5.75 Å². The Labute approximate surface area is 209 Å². The van der Waals surface area contributed by atoms with Crippen LogP contribution in [0, 0.1) is 11.8 Å². The largest absolute Gasteiger partial charge is 0.497 e. The maximum atomic E-state index is 11.6. The molecule has 0 unspecified atom stereocenters. The van der Waals surface area contributed by atoms with Crippen molar-refractivity contribution in [3.05, 3.63) is 54.4 Å². The molecule has 0 saturated carbocycles. The predicted octanol–water partition coefficient (Wildman–Crippen LogP) is 4.05. The minimum Gasteiger partial charge on any atom is -0.497 e. The minimum atomic E-state index is -0.761. The molecule has 4 rings (SSSR count). The quantitative estimate of drug-likeness (QED) is 0.380. The lowest BCUT2D eigenvalue weighted by molar-refractivity contribution is -0.139. The van der Waals surface area contributed by atoms with Crippen molar-refractivity contribution < 1.29 is 19.7 Å². The molecular weight excluding hydrogens is 464 g/mol. The van der Waals surface area contributed by atoms with Gasteiger partial charge in [-0.05, 0) is 79.6 Å². The standard InChI is InChI=1S/C26H32N4O4S/c1-34-20-5-6-23-22(16-20)21(8-11-27-23)24(31)7-4-18-9-12-30(17-19(18)15-26(32)33)13-14-35-25-3-2-10-28-29-25/h2-3,5-6,8,10-11,16,18-19,24,31H,4,7,9,12-15,17H2,1H3,(H,32,33)/t18-,19+,24-/m1/s1. The molecule has 3 atom stereocenters. The Bertz CT molecular complexity index is 1120. The van der Waals surface area contributed by atoms with E-state index in [2.05, 4.69) is 20.1 Å². The number of fused-ring (bicyclic) bond motifs is 1. The van der Waals surface area contributed by atoms with Crippen LogP contribution in [0.5, 0.6) is 5.75 Å². The monoisotopic (exact) mass is 496 g/mol. The molecule has 2 N–H and O–H groups in total. The van der Waals surface area contributed by atoms with E-state index in [-0.39, 0.29) is 18.3 Å². The van der Waals surface area contributed by atoms with Gasteiger partial charge >= 0.3 is 5.97 Å². The molecule has 3 heterocycles. The molecular formula is C26H32N4O4S. The lowest BCUT2D eigenvalue weighted by atomic mass is 9.79. The molecule has 1 saturated heterocycles. The number of hydrogen-bond acceptors (Lipinski definition) is 8. The number of aromatic nitrogens is 3. The second-order valence-corrected chi connectivity index (χ2v) is 10.1. The summed E-state index contributed by atoms with van der Waals surface area (Å²) in [6.07, 6.45) is 5.21. The highest BCUT2D eigenvalue weighted by Crippen LogP contribution is 2.35. The summed E-state index contributed by atoms with van der Waals surface area (Å²) in [4.78, 5) is 18.3. The summed E-state index contributed by atoms with van der Waals surface area (Å²) in [5.74, 6) is 1.20. The normalized spacial score (nSPS) is 19.5. The van der Waals surface area contributed by atoms with Crippen LogP contribution in [0.4, 0.5) is 0 Å². The van der Waals surface area contributed by atoms with Crippen LogP contribution in [-0.4, -0.2) is 68.8 Å². The SMILES string of the molecule is COc1ccc2nccc([C@H](O)CC[C@@H]3CCN(CCSc4cccnn4)C[C@@H]3CC(=O)O)c2c1. The molecule has 8 nitrogen and oxygen atoms in total. The maximum absolute atomic E-state index is 11.6. The molecule has 1 fully saturated rings. The third-order valence-electron chi connectivity index (χ3n) is 6.77. The van der Waals surface area contributed by atoms with E-state index < -0.39 is 12.1 Å². The molecule has 35 heavy (non-hydrogen) atoms. The zero-order valence-corrected chi connectivity index (χ0v) is 20.7. The first-order valence-electron chi connectivity index (χ1n) is 12.0. The molecule has 1 aliphatic rings. The van der Waals surface area contributed by atoms with Crippen molar-refractivity contribution in [1.29, 1.82) is 0 Å². The average Bonchev–Trinajstić information content (AvgIpc) is 2.87. The van der Waals surface area contributed by atoms with E-state index in [0.29, 0.717) is 6.42 Å². The molecule has 1 aliphatic heterocycles. The first-order valence-corrected chi connectivity index (χ1v) is 13.0. The molecule has 3 aromatic rings. The third-order valence-corrected chi connectivity index (χ3v) is 7.67. The summed E-state index contributed by atoms with van der Waals surface area (Å²) < 4.78 is 5.35. The van der Waals surface area contributed by atoms with E-state index in [1.807, 2.05) is 36.4 Å². The Balaban J connectivity index is 1.35. The first kappa shape index (κ1) is 25.3. The van der Waals surface area contributed by atoms with Crippen molar-refractivity contribution in [2.45, 2.75) is 36.8 Å². The van der Waals surface area contributed by atoms with Gasteiger partial charge in [0, 0.05) is 43.0 Å². The smallest absolute Gasteiger partial charge is 0.303 e. The van der Waals surface area contributed by atoms with E-state index in [0.717, 1.165) is 65.5 Å². The number of methoxy groups -OCH3 is 1. The lowest BCUT2D eigenvalue weighted by Crippen LogP contribution is -2.42. The van der Waals surface area contributed by atoms with Gasteiger partial charge in [-0.15, -0.1) is 16.9 Å². The van der Waals surface area contributed by atoms with E-state index in [1.54, 1.807) is 31.3 Å². The number of thioether (sulfide) groups is 1. The fraction of sp³-hybridized carbons (Fsp3) is 0.462. The predicted molar refractivity (Wildman–Crippen MR) is 136 cm³/mol. The van der Waals surface area contributed by atoms with Gasteiger partial charge in [0.25, 0.3) is 0 Å². The lowest BCUT2D eigenvalue weighted by Gasteiger charge is -2.38. The van der Waals surface area contributed by atoms with E-state index in [9.17, 15) is 15.0 Å². The topological polar surface area (TPSA) is 109 Å². The zero-order valence-electron chi connectivity index (χ0n) is 19.9. The van der Waals surface area contributed by atoms with Crippen molar-refractivity contribution in [3.63, 3.8) is 0 Å². The summed E-state index contributed by atoms with van der Waals surface area (Å²) in [5.41, 5.74) is 1.65. The fourth-order valence-electron chi connectivity index (χ4n) is 4.93. The Morgan fingerprint density at radius 1 is 1.26 bits per heavy atom. The van der Waals surface area contributed by atoms with Crippen LogP contribution in [0.2, 0.25) is 0 Å². The van der Waals surface area contributed by atoms with Crippen LogP contribution < -0.4 is 4.74 Å². The van der Waals surface area contributed by atoms with Crippen LogP contribution in [0.1, 0.15) is 37.4 Å². The van der Waals surface area contributed by atoms with Gasteiger partial charge in [-0.1, -0.05) is 0 Å². The number of aliphatic hydroxyl groups excluding tert-OH is 1. The summed E-state index contributed by atoms with van der Waals surface area (Å²) in [6.45, 7) is 2.59. The number of carboxylic acid groups (broad SMARTS) is 1. The van der Waals surface area contributed by atoms with Gasteiger partial charge in [-0.25, -0.2) is 0 Å². The number of aliphatic hydroxyl groups is 1. The first-order chi connectivity index (χ1) is 17.0. The van der Waals surface area contributed by atoms with Crippen molar-refractivity contribution in [2.24, 2.45) is 11.8 Å². The molecule has 0 radical (unpaired) electrons. The number of pyridine rings is 1. The molecule has 2 aromatic heterocycles. The van der Waals surface area contributed by atoms with Crippen molar-refractivity contribution in [1.82, 2.24) is 20.1 Å². The number of piperidine rings is 1. The number of carbonyl (C=O) groups is 1. The molecule has 0 spiro atoms. The maximum Gasteiger partial charge on any atom is 0.303 e. The Hall–Kier alpha value is -2.75. The molecule has 9 heteroatoms. The summed E-state index contributed by atoms with van der Waals surface area (Å²) in [6, 6.07) is 11.4. The number of rotatable bonds is 11. The summed E-state index contributed by atoms with van der Waals surface area (Å²) in [5, 5.41) is 30.4. The fourth-order valence-corrected chi connectivity index (χ4v) is 5.77. The van der Waals surface area contributed by atoms with E-state index in [1.165, 1.54) is 0 Å². The Morgan fingerprint density at radius 3 is 2.91 bits per heavy atom. The van der Waals surface area contributed by atoms with Crippen molar-refractivity contribution in [2.75, 3.05) is 32.5 Å². The Kier molecular flexibility index (Phi) is 8.90. The summed E-state index contributed by atoms with van der Waals surface area (Å²) in [7, 11) is 1.62. The van der Waals surface area contributed by atoms with Gasteiger partial charge in [0.1, 0.15) is 10.8 Å². The second-order valence-electron chi connectivity index (χ2n) is 8.99. The number of benzene rings is 1.